The quantitative estimate of drug-likeness (QED) is 0.660. The number of benzene rings is 2. The van der Waals surface area contributed by atoms with Crippen LogP contribution in [0.3, 0.4) is 0 Å². The smallest absolute Gasteiger partial charge is 0.251 e. The van der Waals surface area contributed by atoms with Crippen LogP contribution in [-0.2, 0) is 11.3 Å². The predicted molar refractivity (Wildman–Crippen MR) is 124 cm³/mol. The Labute approximate surface area is 183 Å². The Morgan fingerprint density at radius 3 is 2.45 bits per heavy atom. The Balaban J connectivity index is 1.49. The normalized spacial score (nSPS) is 18.6. The summed E-state index contributed by atoms with van der Waals surface area (Å²) in [6.07, 6.45) is 2.14. The van der Waals surface area contributed by atoms with E-state index in [1.54, 1.807) is 0 Å². The van der Waals surface area contributed by atoms with Crippen LogP contribution in [0.1, 0.15) is 29.8 Å². The van der Waals surface area contributed by atoms with Gasteiger partial charge in [0.1, 0.15) is 5.82 Å². The van der Waals surface area contributed by atoms with Gasteiger partial charge in [0, 0.05) is 30.8 Å². The molecule has 6 nitrogen and oxygen atoms in total. The first-order valence-electron chi connectivity index (χ1n) is 10.6. The number of hydrogen-bond donors (Lipinski definition) is 2. The second kappa shape index (κ2) is 9.18. The van der Waals surface area contributed by atoms with Gasteiger partial charge in [0.25, 0.3) is 5.91 Å². The zero-order valence-corrected chi connectivity index (χ0v) is 17.9. The van der Waals surface area contributed by atoms with Crippen molar-refractivity contribution in [3.05, 3.63) is 78.0 Å². The summed E-state index contributed by atoms with van der Waals surface area (Å²) >= 11 is 0. The first-order valence-corrected chi connectivity index (χ1v) is 10.6. The number of carbonyl (C=O) groups excluding carboxylic acids is 1. The van der Waals surface area contributed by atoms with E-state index in [1.165, 1.54) is 0 Å². The van der Waals surface area contributed by atoms with Gasteiger partial charge in [-0.15, -0.1) is 0 Å². The van der Waals surface area contributed by atoms with E-state index in [1.807, 2.05) is 60.8 Å². The summed E-state index contributed by atoms with van der Waals surface area (Å²) in [5, 5.41) is 2.95. The van der Waals surface area contributed by atoms with Crippen molar-refractivity contribution in [1.29, 1.82) is 0 Å². The van der Waals surface area contributed by atoms with Crippen molar-refractivity contribution in [2.75, 3.05) is 23.7 Å². The molecule has 31 heavy (non-hydrogen) atoms. The molecule has 0 saturated carbocycles. The van der Waals surface area contributed by atoms with Crippen LogP contribution in [0.15, 0.2) is 66.9 Å². The highest BCUT2D eigenvalue weighted by Crippen LogP contribution is 2.30. The van der Waals surface area contributed by atoms with Crippen molar-refractivity contribution >= 4 is 17.4 Å². The maximum atomic E-state index is 12.5. The summed E-state index contributed by atoms with van der Waals surface area (Å²) in [5.74, 6) is 0.367. The summed E-state index contributed by atoms with van der Waals surface area (Å²) in [6, 6.07) is 19.4. The minimum absolute atomic E-state index is 0.105. The number of carbonyl (C=O) groups is 1. The van der Waals surface area contributed by atoms with E-state index in [4.69, 9.17) is 10.5 Å². The first kappa shape index (κ1) is 20.9. The molecule has 1 fully saturated rings. The third kappa shape index (κ3) is 5.03. The van der Waals surface area contributed by atoms with Crippen LogP contribution in [0, 0.1) is 0 Å². The molecule has 3 aromatic rings. The van der Waals surface area contributed by atoms with E-state index in [-0.39, 0.29) is 18.1 Å². The highest BCUT2D eigenvalue weighted by atomic mass is 16.5. The summed E-state index contributed by atoms with van der Waals surface area (Å²) in [6.45, 7) is 6.29. The molecule has 0 bridgehead atoms. The van der Waals surface area contributed by atoms with Crippen LogP contribution in [0.5, 0.6) is 0 Å². The second-order valence-corrected chi connectivity index (χ2v) is 8.03. The molecule has 0 aliphatic carbocycles. The van der Waals surface area contributed by atoms with Gasteiger partial charge in [-0.1, -0.05) is 42.5 Å². The topological polar surface area (TPSA) is 80.5 Å². The zero-order valence-electron chi connectivity index (χ0n) is 17.9. The molecule has 1 aliphatic heterocycles. The fourth-order valence-electron chi connectivity index (χ4n) is 3.94. The van der Waals surface area contributed by atoms with Crippen LogP contribution < -0.4 is 16.0 Å². The van der Waals surface area contributed by atoms with Crippen LogP contribution in [0.2, 0.25) is 0 Å². The van der Waals surface area contributed by atoms with Gasteiger partial charge in [0.2, 0.25) is 0 Å². The minimum Gasteiger partial charge on any atom is -0.383 e. The van der Waals surface area contributed by atoms with Gasteiger partial charge in [-0.05, 0) is 43.2 Å². The van der Waals surface area contributed by atoms with E-state index < -0.39 is 0 Å². The fourth-order valence-corrected chi connectivity index (χ4v) is 3.94. The van der Waals surface area contributed by atoms with Crippen molar-refractivity contribution in [1.82, 2.24) is 10.3 Å². The molecular weight excluding hydrogens is 388 g/mol. The van der Waals surface area contributed by atoms with Crippen LogP contribution >= 0.6 is 0 Å². The Kier molecular flexibility index (Phi) is 6.18. The van der Waals surface area contributed by atoms with Crippen LogP contribution in [-0.4, -0.2) is 36.2 Å². The lowest BCUT2D eigenvalue weighted by Gasteiger charge is -2.36. The van der Waals surface area contributed by atoms with Crippen molar-refractivity contribution in [3.63, 3.8) is 0 Å². The highest BCUT2D eigenvalue weighted by Gasteiger charge is 2.23. The molecule has 1 aromatic heterocycles. The van der Waals surface area contributed by atoms with E-state index in [9.17, 15) is 4.79 Å². The van der Waals surface area contributed by atoms with Gasteiger partial charge in [-0.25, -0.2) is 4.98 Å². The summed E-state index contributed by atoms with van der Waals surface area (Å²) in [7, 11) is 0. The van der Waals surface area contributed by atoms with Crippen molar-refractivity contribution in [2.45, 2.75) is 32.6 Å². The van der Waals surface area contributed by atoms with Gasteiger partial charge in [0.15, 0.2) is 0 Å². The highest BCUT2D eigenvalue weighted by molar-refractivity contribution is 5.94. The average molecular weight is 417 g/mol. The maximum absolute atomic E-state index is 12.5. The number of nitrogens with two attached hydrogens (primary N) is 1. The summed E-state index contributed by atoms with van der Waals surface area (Å²) < 4.78 is 5.84. The first-order chi connectivity index (χ1) is 15.0. The number of anilines is 2. The van der Waals surface area contributed by atoms with Gasteiger partial charge in [0.05, 0.1) is 24.1 Å². The number of hydrogen-bond acceptors (Lipinski definition) is 5. The van der Waals surface area contributed by atoms with E-state index in [2.05, 4.69) is 35.1 Å². The van der Waals surface area contributed by atoms with Gasteiger partial charge in [-0.2, -0.15) is 0 Å². The Morgan fingerprint density at radius 2 is 1.77 bits per heavy atom. The molecule has 2 unspecified atom stereocenters. The number of amides is 1. The second-order valence-electron chi connectivity index (χ2n) is 8.03. The molecular formula is C25H28N4O2. The molecule has 3 N–H and O–H groups in total. The molecule has 1 amide bonds. The number of nitrogens with one attached hydrogen (secondary N) is 1. The number of ether oxygens (including phenoxy) is 1. The maximum Gasteiger partial charge on any atom is 0.251 e. The molecule has 2 aromatic carbocycles. The minimum atomic E-state index is -0.105. The number of nitrogen functional groups attached to an aromatic ring is 1. The van der Waals surface area contributed by atoms with E-state index in [0.29, 0.717) is 17.9 Å². The molecule has 1 aliphatic rings. The summed E-state index contributed by atoms with van der Waals surface area (Å²) in [4.78, 5) is 19.2. The lowest BCUT2D eigenvalue weighted by molar-refractivity contribution is -0.00523. The van der Waals surface area contributed by atoms with Crippen LogP contribution in [0.4, 0.5) is 11.5 Å². The molecule has 4 rings (SSSR count). The monoisotopic (exact) mass is 416 g/mol. The van der Waals surface area contributed by atoms with Crippen molar-refractivity contribution in [3.8, 4) is 11.1 Å². The van der Waals surface area contributed by atoms with Gasteiger partial charge in [-0.3, -0.25) is 4.79 Å². The third-order valence-electron chi connectivity index (χ3n) is 5.44. The lowest BCUT2D eigenvalue weighted by Crippen LogP contribution is -2.45. The average Bonchev–Trinajstić information content (AvgIpc) is 2.78. The molecule has 2 atom stereocenters. The molecule has 6 heteroatoms. The molecule has 160 valence electrons. The third-order valence-corrected chi connectivity index (χ3v) is 5.44. The Bertz CT molecular complexity index is 1030. The Morgan fingerprint density at radius 1 is 1.10 bits per heavy atom. The van der Waals surface area contributed by atoms with Gasteiger partial charge < -0.3 is 20.7 Å². The lowest BCUT2D eigenvalue weighted by atomic mass is 10.0. The molecule has 1 saturated heterocycles. The van der Waals surface area contributed by atoms with Crippen molar-refractivity contribution < 1.29 is 9.53 Å². The van der Waals surface area contributed by atoms with E-state index in [0.717, 1.165) is 35.5 Å². The summed E-state index contributed by atoms with van der Waals surface area (Å²) in [5.41, 5.74) is 10.7. The number of nitrogens with zero attached hydrogens (tertiary/aromatic N) is 2. The Hall–Kier alpha value is -3.38. The fraction of sp³-hybridized carbons (Fsp3) is 0.280. The SMILES string of the molecule is CC1CN(c2cnc(N)c(-c3ccc(C(=O)NCc4ccccc4)cc3)c2)CC(C)O1. The largest absolute Gasteiger partial charge is 0.383 e. The van der Waals surface area contributed by atoms with Gasteiger partial charge >= 0.3 is 0 Å². The predicted octanol–water partition coefficient (Wildman–Crippen LogP) is 3.87. The van der Waals surface area contributed by atoms with Crippen molar-refractivity contribution in [2.24, 2.45) is 0 Å². The van der Waals surface area contributed by atoms with E-state index >= 15 is 0 Å². The number of rotatable bonds is 5. The number of pyridine rings is 1. The molecule has 2 heterocycles. The number of aromatic nitrogens is 1. The van der Waals surface area contributed by atoms with Crippen LogP contribution in [0.25, 0.3) is 11.1 Å². The standard InChI is InChI=1S/C25H28N4O2/c1-17-15-29(16-18(2)31-17)22-12-23(24(26)27-14-22)20-8-10-21(11-9-20)25(30)28-13-19-6-4-3-5-7-19/h3-12,14,17-18H,13,15-16H2,1-2H3,(H2,26,27)(H,28,30). The molecule has 0 spiro atoms. The molecule has 0 radical (unpaired) electrons. The number of morpholine rings is 1. The zero-order chi connectivity index (χ0) is 21.8.